The first-order valence-corrected chi connectivity index (χ1v) is 6.77. The predicted molar refractivity (Wildman–Crippen MR) is 82.0 cm³/mol. The molecule has 0 fully saturated rings. The van der Waals surface area contributed by atoms with E-state index < -0.39 is 0 Å². The Labute approximate surface area is 128 Å². The highest BCUT2D eigenvalue weighted by atomic mass is 35.5. The SMILES string of the molecule is COc1cccc(CNc2ccc(Cl)c(CO)n2)c1OC. The highest BCUT2D eigenvalue weighted by molar-refractivity contribution is 6.31. The Bertz CT molecular complexity index is 620. The van der Waals surface area contributed by atoms with Crippen molar-refractivity contribution in [3.8, 4) is 11.5 Å². The molecule has 2 rings (SSSR count). The summed E-state index contributed by atoms with van der Waals surface area (Å²) in [5, 5.41) is 12.8. The Morgan fingerprint density at radius 2 is 2.00 bits per heavy atom. The van der Waals surface area contributed by atoms with Crippen LogP contribution in [0.1, 0.15) is 11.3 Å². The van der Waals surface area contributed by atoms with Gasteiger partial charge < -0.3 is 19.9 Å². The molecule has 0 radical (unpaired) electrons. The van der Waals surface area contributed by atoms with Gasteiger partial charge >= 0.3 is 0 Å². The van der Waals surface area contributed by atoms with E-state index in [1.54, 1.807) is 26.4 Å². The number of anilines is 1. The van der Waals surface area contributed by atoms with Crippen LogP contribution in [-0.4, -0.2) is 24.3 Å². The van der Waals surface area contributed by atoms with Crippen molar-refractivity contribution >= 4 is 17.4 Å². The minimum atomic E-state index is -0.198. The van der Waals surface area contributed by atoms with Crippen molar-refractivity contribution in [2.75, 3.05) is 19.5 Å². The van der Waals surface area contributed by atoms with Gasteiger partial charge in [0.15, 0.2) is 11.5 Å². The summed E-state index contributed by atoms with van der Waals surface area (Å²) in [6, 6.07) is 9.14. The fourth-order valence-corrected chi connectivity index (χ4v) is 2.14. The van der Waals surface area contributed by atoms with Gasteiger partial charge in [-0.05, 0) is 18.2 Å². The van der Waals surface area contributed by atoms with Crippen LogP contribution in [0, 0.1) is 0 Å². The average molecular weight is 309 g/mol. The maximum Gasteiger partial charge on any atom is 0.165 e. The van der Waals surface area contributed by atoms with Crippen LogP contribution in [0.2, 0.25) is 5.02 Å². The monoisotopic (exact) mass is 308 g/mol. The lowest BCUT2D eigenvalue weighted by Gasteiger charge is -2.13. The molecule has 6 heteroatoms. The van der Waals surface area contributed by atoms with Crippen LogP contribution in [0.3, 0.4) is 0 Å². The van der Waals surface area contributed by atoms with Crippen LogP contribution in [0.4, 0.5) is 5.82 Å². The molecule has 0 amide bonds. The first kappa shape index (κ1) is 15.4. The molecule has 1 aromatic carbocycles. The van der Waals surface area contributed by atoms with Crippen molar-refractivity contribution in [1.82, 2.24) is 4.98 Å². The molecule has 112 valence electrons. The van der Waals surface area contributed by atoms with Gasteiger partial charge in [0.2, 0.25) is 0 Å². The van der Waals surface area contributed by atoms with Crippen LogP contribution in [0.15, 0.2) is 30.3 Å². The second-order valence-electron chi connectivity index (χ2n) is 4.29. The molecule has 0 aliphatic carbocycles. The minimum absolute atomic E-state index is 0.198. The van der Waals surface area contributed by atoms with Crippen molar-refractivity contribution in [3.05, 3.63) is 46.6 Å². The number of nitrogens with one attached hydrogen (secondary N) is 1. The molecular weight excluding hydrogens is 292 g/mol. The number of nitrogens with zero attached hydrogens (tertiary/aromatic N) is 1. The second kappa shape index (κ2) is 7.15. The zero-order chi connectivity index (χ0) is 15.2. The summed E-state index contributed by atoms with van der Waals surface area (Å²) >= 11 is 5.91. The third-order valence-electron chi connectivity index (χ3n) is 3.01. The van der Waals surface area contributed by atoms with Crippen molar-refractivity contribution in [2.24, 2.45) is 0 Å². The zero-order valence-corrected chi connectivity index (χ0v) is 12.6. The number of aliphatic hydroxyl groups excluding tert-OH is 1. The molecule has 21 heavy (non-hydrogen) atoms. The Morgan fingerprint density at radius 1 is 1.19 bits per heavy atom. The third kappa shape index (κ3) is 3.56. The number of methoxy groups -OCH3 is 2. The number of rotatable bonds is 6. The van der Waals surface area contributed by atoms with E-state index in [-0.39, 0.29) is 6.61 Å². The molecule has 1 heterocycles. The van der Waals surface area contributed by atoms with Gasteiger partial charge in [0.1, 0.15) is 5.82 Å². The van der Waals surface area contributed by atoms with Gasteiger partial charge in [-0.15, -0.1) is 0 Å². The number of aliphatic hydroxyl groups is 1. The van der Waals surface area contributed by atoms with Crippen LogP contribution in [0.25, 0.3) is 0 Å². The van der Waals surface area contributed by atoms with E-state index >= 15 is 0 Å². The van der Waals surface area contributed by atoms with Gasteiger partial charge in [-0.25, -0.2) is 4.98 Å². The summed E-state index contributed by atoms with van der Waals surface area (Å²) in [7, 11) is 3.20. The highest BCUT2D eigenvalue weighted by Gasteiger charge is 2.09. The quantitative estimate of drug-likeness (QED) is 0.859. The number of hydrogen-bond donors (Lipinski definition) is 2. The van der Waals surface area contributed by atoms with Gasteiger partial charge in [-0.2, -0.15) is 0 Å². The van der Waals surface area contributed by atoms with E-state index in [9.17, 15) is 0 Å². The second-order valence-corrected chi connectivity index (χ2v) is 4.70. The molecule has 0 aliphatic heterocycles. The number of para-hydroxylation sites is 1. The number of ether oxygens (including phenoxy) is 2. The maximum atomic E-state index is 9.17. The molecule has 0 unspecified atom stereocenters. The van der Waals surface area contributed by atoms with E-state index in [2.05, 4.69) is 10.3 Å². The van der Waals surface area contributed by atoms with Crippen molar-refractivity contribution in [1.29, 1.82) is 0 Å². The average Bonchev–Trinajstić information content (AvgIpc) is 2.53. The number of pyridine rings is 1. The Morgan fingerprint density at radius 3 is 2.67 bits per heavy atom. The summed E-state index contributed by atoms with van der Waals surface area (Å²) in [4.78, 5) is 4.24. The van der Waals surface area contributed by atoms with Crippen LogP contribution in [0.5, 0.6) is 11.5 Å². The molecule has 0 aliphatic rings. The maximum absolute atomic E-state index is 9.17. The van der Waals surface area contributed by atoms with Gasteiger partial charge in [0.05, 0.1) is 31.5 Å². The molecular formula is C15H17ClN2O3. The molecule has 0 bridgehead atoms. The topological polar surface area (TPSA) is 63.6 Å². The summed E-state index contributed by atoms with van der Waals surface area (Å²) in [5.74, 6) is 1.99. The third-order valence-corrected chi connectivity index (χ3v) is 3.36. The first-order valence-electron chi connectivity index (χ1n) is 6.39. The summed E-state index contributed by atoms with van der Waals surface area (Å²) in [6.45, 7) is 0.316. The molecule has 0 atom stereocenters. The number of hydrogen-bond acceptors (Lipinski definition) is 5. The lowest BCUT2D eigenvalue weighted by atomic mass is 10.2. The van der Waals surface area contributed by atoms with Gasteiger partial charge in [0, 0.05) is 12.1 Å². The number of benzene rings is 1. The van der Waals surface area contributed by atoms with Crippen molar-refractivity contribution in [2.45, 2.75) is 13.2 Å². The Hall–Kier alpha value is -1.98. The Balaban J connectivity index is 2.16. The molecule has 2 aromatic rings. The van der Waals surface area contributed by atoms with Gasteiger partial charge in [-0.1, -0.05) is 23.7 Å². The zero-order valence-electron chi connectivity index (χ0n) is 11.9. The summed E-state index contributed by atoms with van der Waals surface area (Å²) in [5.41, 5.74) is 1.39. The van der Waals surface area contributed by atoms with Crippen molar-refractivity contribution in [3.63, 3.8) is 0 Å². The predicted octanol–water partition coefficient (Wildman–Crippen LogP) is 2.86. The first-order chi connectivity index (χ1) is 10.2. The van der Waals surface area contributed by atoms with Gasteiger partial charge in [0.25, 0.3) is 0 Å². The molecule has 1 aromatic heterocycles. The molecule has 5 nitrogen and oxygen atoms in total. The fraction of sp³-hybridized carbons (Fsp3) is 0.267. The number of aromatic nitrogens is 1. The van der Waals surface area contributed by atoms with Gasteiger partial charge in [-0.3, -0.25) is 0 Å². The normalized spacial score (nSPS) is 10.3. The van der Waals surface area contributed by atoms with Crippen LogP contribution >= 0.6 is 11.6 Å². The largest absolute Gasteiger partial charge is 0.493 e. The standard InChI is InChI=1S/C15H17ClN2O3/c1-20-13-5-3-4-10(15(13)21-2)8-17-14-7-6-11(16)12(9-19)18-14/h3-7,19H,8-9H2,1-2H3,(H,17,18). The lowest BCUT2D eigenvalue weighted by Crippen LogP contribution is -2.05. The smallest absolute Gasteiger partial charge is 0.165 e. The van der Waals surface area contributed by atoms with Crippen molar-refractivity contribution < 1.29 is 14.6 Å². The van der Waals surface area contributed by atoms with Crippen LogP contribution < -0.4 is 14.8 Å². The minimum Gasteiger partial charge on any atom is -0.493 e. The van der Waals surface area contributed by atoms with E-state index in [4.69, 9.17) is 26.2 Å². The molecule has 2 N–H and O–H groups in total. The summed E-state index contributed by atoms with van der Waals surface area (Å²) < 4.78 is 10.6. The van der Waals surface area contributed by atoms with E-state index in [0.29, 0.717) is 34.6 Å². The Kier molecular flexibility index (Phi) is 5.25. The molecule has 0 saturated carbocycles. The van der Waals surface area contributed by atoms with E-state index in [1.807, 2.05) is 18.2 Å². The molecule has 0 spiro atoms. The summed E-state index contributed by atoms with van der Waals surface area (Å²) in [6.07, 6.45) is 0. The highest BCUT2D eigenvalue weighted by Crippen LogP contribution is 2.31. The van der Waals surface area contributed by atoms with E-state index in [1.165, 1.54) is 0 Å². The lowest BCUT2D eigenvalue weighted by molar-refractivity contribution is 0.277. The van der Waals surface area contributed by atoms with E-state index in [0.717, 1.165) is 5.56 Å². The molecule has 0 saturated heterocycles. The van der Waals surface area contributed by atoms with Crippen LogP contribution in [-0.2, 0) is 13.2 Å². The number of halogens is 1. The fourth-order valence-electron chi connectivity index (χ4n) is 1.97.